The molecule has 0 saturated carbocycles. The van der Waals surface area contributed by atoms with Gasteiger partial charge in [0.1, 0.15) is 0 Å². The maximum absolute atomic E-state index is 12.2. The van der Waals surface area contributed by atoms with Crippen LogP contribution in [0.3, 0.4) is 0 Å². The topological polar surface area (TPSA) is 68.5 Å². The van der Waals surface area contributed by atoms with Gasteiger partial charge in [-0.25, -0.2) is 0 Å². The third-order valence-electron chi connectivity index (χ3n) is 3.69. The van der Waals surface area contributed by atoms with Crippen molar-refractivity contribution in [1.29, 1.82) is 0 Å². The van der Waals surface area contributed by atoms with Gasteiger partial charge in [-0.1, -0.05) is 19.0 Å². The Kier molecular flexibility index (Phi) is 5.73. The Labute approximate surface area is 125 Å². The Morgan fingerprint density at radius 2 is 2.33 bits per heavy atom. The van der Waals surface area contributed by atoms with Gasteiger partial charge in [0.25, 0.3) is 0 Å². The third-order valence-corrected chi connectivity index (χ3v) is 3.69. The molecule has 2 heterocycles. The number of ether oxygens (including phenoxy) is 1. The maximum Gasteiger partial charge on any atom is 0.227 e. The van der Waals surface area contributed by atoms with Crippen molar-refractivity contribution in [2.24, 2.45) is 0 Å². The number of carbonyl (C=O) groups excluding carboxylic acids is 1. The maximum atomic E-state index is 12.2. The third kappa shape index (κ3) is 4.52. The molecular formula is C15H25N3O3. The standard InChI is InChI=1S/C15H25N3O3/c1-4-20-12-6-5-9-18(10-12)14(19)8-7-13-16-15(11(2)3)17-21-13/h11-12H,4-10H2,1-3H3. The molecular weight excluding hydrogens is 270 g/mol. The molecule has 0 bridgehead atoms. The Morgan fingerprint density at radius 1 is 1.52 bits per heavy atom. The van der Waals surface area contributed by atoms with Gasteiger partial charge in [-0.2, -0.15) is 4.98 Å². The minimum atomic E-state index is 0.142. The summed E-state index contributed by atoms with van der Waals surface area (Å²) in [4.78, 5) is 18.4. The Hall–Kier alpha value is -1.43. The molecule has 0 radical (unpaired) electrons. The predicted molar refractivity (Wildman–Crippen MR) is 77.9 cm³/mol. The number of carbonyl (C=O) groups is 1. The van der Waals surface area contributed by atoms with Crippen LogP contribution in [0.2, 0.25) is 0 Å². The van der Waals surface area contributed by atoms with Crippen LogP contribution < -0.4 is 0 Å². The van der Waals surface area contributed by atoms with Crippen LogP contribution in [0.1, 0.15) is 57.7 Å². The summed E-state index contributed by atoms with van der Waals surface area (Å²) in [5, 5.41) is 3.91. The van der Waals surface area contributed by atoms with Crippen molar-refractivity contribution in [2.45, 2.75) is 58.5 Å². The Morgan fingerprint density at radius 3 is 3.00 bits per heavy atom. The normalized spacial score (nSPS) is 19.2. The molecule has 6 nitrogen and oxygen atoms in total. The summed E-state index contributed by atoms with van der Waals surface area (Å²) in [6, 6.07) is 0. The number of nitrogens with zero attached hydrogens (tertiary/aromatic N) is 3. The van der Waals surface area contributed by atoms with Crippen molar-refractivity contribution in [1.82, 2.24) is 15.0 Å². The van der Waals surface area contributed by atoms with E-state index in [1.807, 2.05) is 25.7 Å². The first-order valence-electron chi connectivity index (χ1n) is 7.82. The van der Waals surface area contributed by atoms with Crippen LogP contribution in [-0.4, -0.2) is 46.7 Å². The Balaban J connectivity index is 1.80. The zero-order chi connectivity index (χ0) is 15.2. The summed E-state index contributed by atoms with van der Waals surface area (Å²) < 4.78 is 10.8. The summed E-state index contributed by atoms with van der Waals surface area (Å²) in [6.45, 7) is 8.25. The van der Waals surface area contributed by atoms with Gasteiger partial charge in [0, 0.05) is 38.5 Å². The van der Waals surface area contributed by atoms with Gasteiger partial charge in [-0.3, -0.25) is 4.79 Å². The minimum absolute atomic E-state index is 0.142. The molecule has 0 aromatic carbocycles. The van der Waals surface area contributed by atoms with E-state index in [4.69, 9.17) is 9.26 Å². The Bertz CT molecular complexity index is 457. The molecule has 1 aliphatic rings. The molecule has 1 unspecified atom stereocenters. The lowest BCUT2D eigenvalue weighted by Crippen LogP contribution is -2.43. The molecule has 1 atom stereocenters. The average Bonchev–Trinajstić information content (AvgIpc) is 2.94. The smallest absolute Gasteiger partial charge is 0.227 e. The monoisotopic (exact) mass is 295 g/mol. The van der Waals surface area contributed by atoms with E-state index in [1.54, 1.807) is 0 Å². The van der Waals surface area contributed by atoms with E-state index < -0.39 is 0 Å². The lowest BCUT2D eigenvalue weighted by Gasteiger charge is -2.32. The number of amides is 1. The van der Waals surface area contributed by atoms with Crippen LogP contribution in [-0.2, 0) is 16.0 Å². The molecule has 1 fully saturated rings. The molecule has 1 aromatic heterocycles. The number of hydrogen-bond donors (Lipinski definition) is 0. The number of rotatable bonds is 6. The summed E-state index contributed by atoms with van der Waals surface area (Å²) in [6.07, 6.45) is 3.16. The average molecular weight is 295 g/mol. The summed E-state index contributed by atoms with van der Waals surface area (Å²) in [7, 11) is 0. The van der Waals surface area contributed by atoms with Crippen molar-refractivity contribution in [2.75, 3.05) is 19.7 Å². The van der Waals surface area contributed by atoms with Gasteiger partial charge in [0.2, 0.25) is 11.8 Å². The lowest BCUT2D eigenvalue weighted by atomic mass is 10.1. The second-order valence-corrected chi connectivity index (χ2v) is 5.76. The van der Waals surface area contributed by atoms with E-state index in [0.717, 1.165) is 19.4 Å². The first-order chi connectivity index (χ1) is 10.1. The number of likely N-dealkylation sites (tertiary alicyclic amines) is 1. The largest absolute Gasteiger partial charge is 0.377 e. The fourth-order valence-corrected chi connectivity index (χ4v) is 2.51. The van der Waals surface area contributed by atoms with Gasteiger partial charge in [0.05, 0.1) is 6.10 Å². The minimum Gasteiger partial charge on any atom is -0.377 e. The van der Waals surface area contributed by atoms with Gasteiger partial charge in [0.15, 0.2) is 5.82 Å². The molecule has 6 heteroatoms. The fourth-order valence-electron chi connectivity index (χ4n) is 2.51. The number of aryl methyl sites for hydroxylation is 1. The molecule has 2 rings (SSSR count). The zero-order valence-electron chi connectivity index (χ0n) is 13.2. The first kappa shape index (κ1) is 15.9. The quantitative estimate of drug-likeness (QED) is 0.804. The van der Waals surface area contributed by atoms with Crippen molar-refractivity contribution in [3.8, 4) is 0 Å². The molecule has 0 spiro atoms. The van der Waals surface area contributed by atoms with Gasteiger partial charge < -0.3 is 14.2 Å². The van der Waals surface area contributed by atoms with Gasteiger partial charge in [-0.05, 0) is 19.8 Å². The highest BCUT2D eigenvalue weighted by Gasteiger charge is 2.24. The molecule has 118 valence electrons. The van der Waals surface area contributed by atoms with Crippen molar-refractivity contribution in [3.63, 3.8) is 0 Å². The molecule has 1 aliphatic heterocycles. The van der Waals surface area contributed by atoms with Crippen molar-refractivity contribution in [3.05, 3.63) is 11.7 Å². The van der Waals surface area contributed by atoms with E-state index in [9.17, 15) is 4.79 Å². The molecule has 1 saturated heterocycles. The number of hydrogen-bond acceptors (Lipinski definition) is 5. The van der Waals surface area contributed by atoms with E-state index in [0.29, 0.717) is 37.7 Å². The van der Waals surface area contributed by atoms with E-state index in [2.05, 4.69) is 10.1 Å². The second kappa shape index (κ2) is 7.54. The zero-order valence-corrected chi connectivity index (χ0v) is 13.2. The highest BCUT2D eigenvalue weighted by atomic mass is 16.5. The van der Waals surface area contributed by atoms with Crippen molar-refractivity contribution >= 4 is 5.91 Å². The van der Waals surface area contributed by atoms with Crippen LogP contribution in [0.15, 0.2) is 4.52 Å². The van der Waals surface area contributed by atoms with E-state index in [-0.39, 0.29) is 17.9 Å². The number of aromatic nitrogens is 2. The number of piperidine rings is 1. The molecule has 1 amide bonds. The SMILES string of the molecule is CCOC1CCCN(C(=O)CCc2nc(C(C)C)no2)C1. The highest BCUT2D eigenvalue weighted by molar-refractivity contribution is 5.76. The van der Waals surface area contributed by atoms with Crippen LogP contribution in [0.5, 0.6) is 0 Å². The molecule has 0 aliphatic carbocycles. The fraction of sp³-hybridized carbons (Fsp3) is 0.800. The molecule has 0 N–H and O–H groups in total. The highest BCUT2D eigenvalue weighted by Crippen LogP contribution is 2.15. The van der Waals surface area contributed by atoms with Gasteiger partial charge >= 0.3 is 0 Å². The van der Waals surface area contributed by atoms with Crippen molar-refractivity contribution < 1.29 is 14.1 Å². The summed E-state index contributed by atoms with van der Waals surface area (Å²) in [5.74, 6) is 1.63. The summed E-state index contributed by atoms with van der Waals surface area (Å²) >= 11 is 0. The van der Waals surface area contributed by atoms with E-state index >= 15 is 0 Å². The summed E-state index contributed by atoms with van der Waals surface area (Å²) in [5.41, 5.74) is 0. The van der Waals surface area contributed by atoms with E-state index in [1.165, 1.54) is 0 Å². The van der Waals surface area contributed by atoms with Crippen LogP contribution >= 0.6 is 0 Å². The van der Waals surface area contributed by atoms with Crippen LogP contribution in [0.25, 0.3) is 0 Å². The lowest BCUT2D eigenvalue weighted by molar-refractivity contribution is -0.135. The van der Waals surface area contributed by atoms with Gasteiger partial charge in [-0.15, -0.1) is 0 Å². The molecule has 1 aromatic rings. The first-order valence-corrected chi connectivity index (χ1v) is 7.82. The van der Waals surface area contributed by atoms with Crippen LogP contribution in [0, 0.1) is 0 Å². The molecule has 21 heavy (non-hydrogen) atoms. The second-order valence-electron chi connectivity index (χ2n) is 5.76. The van der Waals surface area contributed by atoms with Crippen LogP contribution in [0.4, 0.5) is 0 Å². The predicted octanol–water partition coefficient (Wildman–Crippen LogP) is 2.15.